The van der Waals surface area contributed by atoms with Crippen molar-refractivity contribution in [1.82, 2.24) is 10.2 Å². The monoisotopic (exact) mass is 357 g/mol. The third-order valence-electron chi connectivity index (χ3n) is 4.20. The zero-order valence-corrected chi connectivity index (χ0v) is 14.7. The zero-order chi connectivity index (χ0) is 17.8. The molecule has 0 radical (unpaired) electrons. The number of benzene rings is 2. The Kier molecular flexibility index (Phi) is 5.36. The van der Waals surface area contributed by atoms with Gasteiger partial charge in [0.1, 0.15) is 0 Å². The highest BCUT2D eigenvalue weighted by atomic mass is 35.5. The molecular formula is C19H20ClN3O2. The quantitative estimate of drug-likeness (QED) is 0.887. The molecule has 1 atom stereocenters. The highest BCUT2D eigenvalue weighted by Gasteiger charge is 2.29. The van der Waals surface area contributed by atoms with Crippen molar-refractivity contribution in [2.75, 3.05) is 25.0 Å². The molecule has 1 fully saturated rings. The van der Waals surface area contributed by atoms with E-state index in [1.165, 1.54) is 6.92 Å². The molecule has 2 N–H and O–H groups in total. The molecule has 2 amide bonds. The summed E-state index contributed by atoms with van der Waals surface area (Å²) >= 11 is 6.34. The van der Waals surface area contributed by atoms with Crippen LogP contribution >= 0.6 is 11.6 Å². The van der Waals surface area contributed by atoms with Gasteiger partial charge in [-0.2, -0.15) is 0 Å². The van der Waals surface area contributed by atoms with Crippen LogP contribution in [0.15, 0.2) is 48.5 Å². The van der Waals surface area contributed by atoms with Crippen LogP contribution in [0.4, 0.5) is 5.69 Å². The maximum atomic E-state index is 13.1. The highest BCUT2D eigenvalue weighted by molar-refractivity contribution is 6.31. The Bertz CT molecular complexity index is 794. The van der Waals surface area contributed by atoms with Crippen molar-refractivity contribution in [3.8, 4) is 0 Å². The maximum absolute atomic E-state index is 13.1. The average molecular weight is 358 g/mol. The van der Waals surface area contributed by atoms with Crippen molar-refractivity contribution in [3.05, 3.63) is 64.7 Å². The Hall–Kier alpha value is -2.37. The van der Waals surface area contributed by atoms with E-state index < -0.39 is 0 Å². The average Bonchev–Trinajstić information content (AvgIpc) is 2.61. The molecule has 0 bridgehead atoms. The number of nitrogens with one attached hydrogen (secondary N) is 2. The van der Waals surface area contributed by atoms with Gasteiger partial charge in [-0.15, -0.1) is 0 Å². The number of anilines is 1. The van der Waals surface area contributed by atoms with E-state index in [0.717, 1.165) is 12.1 Å². The molecular weight excluding hydrogens is 338 g/mol. The number of nitrogens with zero attached hydrogens (tertiary/aromatic N) is 1. The second kappa shape index (κ2) is 7.68. The molecule has 0 aromatic heterocycles. The third-order valence-corrected chi connectivity index (χ3v) is 4.54. The van der Waals surface area contributed by atoms with Crippen LogP contribution in [0, 0.1) is 0 Å². The summed E-state index contributed by atoms with van der Waals surface area (Å²) in [6.07, 6.45) is 0. The van der Waals surface area contributed by atoms with E-state index in [1.807, 2.05) is 29.2 Å². The lowest BCUT2D eigenvalue weighted by Crippen LogP contribution is -2.48. The zero-order valence-electron chi connectivity index (χ0n) is 14.0. The SMILES string of the molecule is CC(=O)Nc1cccc(C(=O)N2CCNCC2c2ccccc2Cl)c1. The van der Waals surface area contributed by atoms with Crippen molar-refractivity contribution < 1.29 is 9.59 Å². The summed E-state index contributed by atoms with van der Waals surface area (Å²) in [5.41, 5.74) is 2.09. The molecule has 5 nitrogen and oxygen atoms in total. The molecule has 1 heterocycles. The van der Waals surface area contributed by atoms with Gasteiger partial charge in [-0.25, -0.2) is 0 Å². The molecule has 130 valence electrons. The molecule has 0 saturated carbocycles. The first kappa shape index (κ1) is 17.5. The molecule has 3 rings (SSSR count). The number of carbonyl (C=O) groups excluding carboxylic acids is 2. The number of amides is 2. The largest absolute Gasteiger partial charge is 0.329 e. The molecule has 2 aromatic rings. The number of carbonyl (C=O) groups is 2. The molecule has 1 aliphatic rings. The fourth-order valence-electron chi connectivity index (χ4n) is 3.07. The summed E-state index contributed by atoms with van der Waals surface area (Å²) in [5, 5.41) is 6.69. The molecule has 1 aliphatic heterocycles. The van der Waals surface area contributed by atoms with Crippen LogP contribution in [0.5, 0.6) is 0 Å². The van der Waals surface area contributed by atoms with Gasteiger partial charge in [0.2, 0.25) is 5.91 Å². The number of hydrogen-bond donors (Lipinski definition) is 2. The standard InChI is InChI=1S/C19H20ClN3O2/c1-13(24)22-15-6-4-5-14(11-15)19(25)23-10-9-21-12-18(23)16-7-2-3-8-17(16)20/h2-8,11,18,21H,9-10,12H2,1H3,(H,22,24). The van der Waals surface area contributed by atoms with E-state index in [0.29, 0.717) is 29.4 Å². The summed E-state index contributed by atoms with van der Waals surface area (Å²) in [6.45, 7) is 3.43. The molecule has 0 spiro atoms. The van der Waals surface area contributed by atoms with E-state index in [2.05, 4.69) is 10.6 Å². The predicted molar refractivity (Wildman–Crippen MR) is 98.8 cm³/mol. The second-order valence-electron chi connectivity index (χ2n) is 6.00. The van der Waals surface area contributed by atoms with Gasteiger partial charge in [-0.05, 0) is 29.8 Å². The van der Waals surface area contributed by atoms with Crippen molar-refractivity contribution in [2.45, 2.75) is 13.0 Å². The first-order valence-electron chi connectivity index (χ1n) is 8.20. The van der Waals surface area contributed by atoms with Gasteiger partial charge < -0.3 is 15.5 Å². The van der Waals surface area contributed by atoms with Crippen LogP contribution in [0.25, 0.3) is 0 Å². The highest BCUT2D eigenvalue weighted by Crippen LogP contribution is 2.29. The predicted octanol–water partition coefficient (Wildman–Crippen LogP) is 3.09. The lowest BCUT2D eigenvalue weighted by Gasteiger charge is -2.37. The number of piperazine rings is 1. The number of rotatable bonds is 3. The van der Waals surface area contributed by atoms with Crippen molar-refractivity contribution >= 4 is 29.1 Å². The first-order chi connectivity index (χ1) is 12.1. The van der Waals surface area contributed by atoms with Crippen molar-refractivity contribution in [3.63, 3.8) is 0 Å². The fraction of sp³-hybridized carbons (Fsp3) is 0.263. The van der Waals surface area contributed by atoms with Gasteiger partial charge in [0, 0.05) is 42.8 Å². The summed E-state index contributed by atoms with van der Waals surface area (Å²) in [6, 6.07) is 14.5. The topological polar surface area (TPSA) is 61.4 Å². The van der Waals surface area contributed by atoms with E-state index in [9.17, 15) is 9.59 Å². The normalized spacial score (nSPS) is 17.2. The lowest BCUT2D eigenvalue weighted by atomic mass is 10.0. The third kappa shape index (κ3) is 4.00. The number of hydrogen-bond acceptors (Lipinski definition) is 3. The maximum Gasteiger partial charge on any atom is 0.254 e. The lowest BCUT2D eigenvalue weighted by molar-refractivity contribution is -0.114. The molecule has 1 unspecified atom stereocenters. The minimum atomic E-state index is -0.166. The van der Waals surface area contributed by atoms with Gasteiger partial charge >= 0.3 is 0 Å². The van der Waals surface area contributed by atoms with E-state index in [1.54, 1.807) is 24.3 Å². The number of halogens is 1. The van der Waals surface area contributed by atoms with Crippen LogP contribution in [-0.4, -0.2) is 36.3 Å². The summed E-state index contributed by atoms with van der Waals surface area (Å²) in [7, 11) is 0. The van der Waals surface area contributed by atoms with Gasteiger partial charge in [-0.3, -0.25) is 9.59 Å². The van der Waals surface area contributed by atoms with Gasteiger partial charge in [0.15, 0.2) is 0 Å². The van der Waals surface area contributed by atoms with Gasteiger partial charge in [0.25, 0.3) is 5.91 Å². The Morgan fingerprint density at radius 3 is 2.76 bits per heavy atom. The summed E-state index contributed by atoms with van der Waals surface area (Å²) in [5.74, 6) is -0.237. The summed E-state index contributed by atoms with van der Waals surface area (Å²) in [4.78, 5) is 26.2. The van der Waals surface area contributed by atoms with Crippen molar-refractivity contribution in [1.29, 1.82) is 0 Å². The Morgan fingerprint density at radius 1 is 1.20 bits per heavy atom. The van der Waals surface area contributed by atoms with Gasteiger partial charge in [-0.1, -0.05) is 35.9 Å². The molecule has 25 heavy (non-hydrogen) atoms. The van der Waals surface area contributed by atoms with E-state index in [4.69, 9.17) is 11.6 Å². The Balaban J connectivity index is 1.89. The molecule has 0 aliphatic carbocycles. The summed E-state index contributed by atoms with van der Waals surface area (Å²) < 4.78 is 0. The van der Waals surface area contributed by atoms with Crippen LogP contribution in [0.3, 0.4) is 0 Å². The van der Waals surface area contributed by atoms with E-state index >= 15 is 0 Å². The minimum absolute atomic E-state index is 0.0707. The van der Waals surface area contributed by atoms with Gasteiger partial charge in [0.05, 0.1) is 6.04 Å². The minimum Gasteiger partial charge on any atom is -0.329 e. The molecule has 2 aromatic carbocycles. The molecule has 1 saturated heterocycles. The van der Waals surface area contributed by atoms with Crippen LogP contribution < -0.4 is 10.6 Å². The van der Waals surface area contributed by atoms with Crippen molar-refractivity contribution in [2.24, 2.45) is 0 Å². The smallest absolute Gasteiger partial charge is 0.254 e. The fourth-order valence-corrected chi connectivity index (χ4v) is 3.33. The van der Waals surface area contributed by atoms with Crippen LogP contribution in [0.1, 0.15) is 28.9 Å². The Morgan fingerprint density at radius 2 is 2.00 bits per heavy atom. The van der Waals surface area contributed by atoms with E-state index in [-0.39, 0.29) is 17.9 Å². The molecule has 6 heteroatoms. The van der Waals surface area contributed by atoms with Crippen LogP contribution in [-0.2, 0) is 4.79 Å². The second-order valence-corrected chi connectivity index (χ2v) is 6.41. The first-order valence-corrected chi connectivity index (χ1v) is 8.58. The Labute approximate surface area is 152 Å². The van der Waals surface area contributed by atoms with Crippen LogP contribution in [0.2, 0.25) is 5.02 Å².